The summed E-state index contributed by atoms with van der Waals surface area (Å²) in [4.78, 5) is 26.9. The Labute approximate surface area is 148 Å². The van der Waals surface area contributed by atoms with E-state index in [2.05, 4.69) is 10.6 Å². The maximum absolute atomic E-state index is 12.5. The highest BCUT2D eigenvalue weighted by Gasteiger charge is 2.36. The molecule has 1 aromatic carbocycles. The maximum Gasteiger partial charge on any atom is 0.239 e. The van der Waals surface area contributed by atoms with Gasteiger partial charge in [-0.25, -0.2) is 0 Å². The molecule has 0 unspecified atom stereocenters. The Morgan fingerprint density at radius 1 is 1.25 bits per heavy atom. The van der Waals surface area contributed by atoms with E-state index in [0.717, 1.165) is 13.0 Å². The Bertz CT molecular complexity index is 588. The van der Waals surface area contributed by atoms with Crippen LogP contribution in [-0.2, 0) is 9.59 Å². The fourth-order valence-electron chi connectivity index (χ4n) is 1.98. The highest BCUT2D eigenvalue weighted by atomic mass is 35.5. The van der Waals surface area contributed by atoms with Crippen molar-refractivity contribution < 1.29 is 14.3 Å². The molecule has 2 amide bonds. The molecular formula is C17H26ClN3O3. The van der Waals surface area contributed by atoms with Crippen LogP contribution >= 0.6 is 11.6 Å². The third-order valence-electron chi connectivity index (χ3n) is 3.61. The number of hydrogen-bond donors (Lipinski definition) is 2. The van der Waals surface area contributed by atoms with Crippen molar-refractivity contribution in [2.45, 2.75) is 20.3 Å². The summed E-state index contributed by atoms with van der Waals surface area (Å²) in [6, 6.07) is 4.91. The van der Waals surface area contributed by atoms with Crippen LogP contribution in [0.1, 0.15) is 20.3 Å². The second-order valence-electron chi connectivity index (χ2n) is 6.34. The van der Waals surface area contributed by atoms with Gasteiger partial charge in [-0.2, -0.15) is 0 Å². The van der Waals surface area contributed by atoms with Gasteiger partial charge in [-0.15, -0.1) is 0 Å². The Morgan fingerprint density at radius 3 is 2.50 bits per heavy atom. The van der Waals surface area contributed by atoms with Crippen LogP contribution in [0.3, 0.4) is 0 Å². The van der Waals surface area contributed by atoms with Crippen molar-refractivity contribution >= 4 is 29.1 Å². The van der Waals surface area contributed by atoms with Gasteiger partial charge < -0.3 is 20.3 Å². The van der Waals surface area contributed by atoms with E-state index in [1.54, 1.807) is 32.0 Å². The summed E-state index contributed by atoms with van der Waals surface area (Å²) in [5.74, 6) is -0.261. The van der Waals surface area contributed by atoms with Crippen molar-refractivity contribution in [1.29, 1.82) is 0 Å². The molecule has 24 heavy (non-hydrogen) atoms. The highest BCUT2D eigenvalue weighted by molar-refractivity contribution is 6.31. The second kappa shape index (κ2) is 8.89. The second-order valence-corrected chi connectivity index (χ2v) is 6.77. The molecule has 0 radical (unpaired) electrons. The fourth-order valence-corrected chi connectivity index (χ4v) is 2.15. The van der Waals surface area contributed by atoms with E-state index >= 15 is 0 Å². The minimum Gasteiger partial charge on any atom is -0.495 e. The van der Waals surface area contributed by atoms with Gasteiger partial charge in [-0.1, -0.05) is 11.6 Å². The van der Waals surface area contributed by atoms with Crippen LogP contribution in [0.25, 0.3) is 0 Å². The topological polar surface area (TPSA) is 70.7 Å². The smallest absolute Gasteiger partial charge is 0.239 e. The molecule has 0 aromatic heterocycles. The van der Waals surface area contributed by atoms with Crippen molar-refractivity contribution in [1.82, 2.24) is 10.2 Å². The molecule has 0 saturated carbocycles. The minimum absolute atomic E-state index is 0.320. The summed E-state index contributed by atoms with van der Waals surface area (Å²) in [5, 5.41) is 5.99. The van der Waals surface area contributed by atoms with E-state index in [1.807, 2.05) is 19.0 Å². The Hall–Kier alpha value is -1.79. The molecular weight excluding hydrogens is 330 g/mol. The highest BCUT2D eigenvalue weighted by Crippen LogP contribution is 2.29. The predicted molar refractivity (Wildman–Crippen MR) is 96.6 cm³/mol. The van der Waals surface area contributed by atoms with Gasteiger partial charge in [0.05, 0.1) is 12.8 Å². The number of carbonyl (C=O) groups excluding carboxylic acids is 2. The number of rotatable bonds is 8. The van der Waals surface area contributed by atoms with E-state index in [-0.39, 0.29) is 5.91 Å². The van der Waals surface area contributed by atoms with E-state index in [0.29, 0.717) is 23.0 Å². The van der Waals surface area contributed by atoms with Crippen molar-refractivity contribution in [2.24, 2.45) is 5.41 Å². The number of methoxy groups -OCH3 is 1. The van der Waals surface area contributed by atoms with Crippen molar-refractivity contribution in [3.05, 3.63) is 23.2 Å². The zero-order chi connectivity index (χ0) is 18.3. The van der Waals surface area contributed by atoms with E-state index < -0.39 is 11.3 Å². The first kappa shape index (κ1) is 20.3. The fraction of sp³-hybridized carbons (Fsp3) is 0.529. The van der Waals surface area contributed by atoms with Crippen molar-refractivity contribution in [3.8, 4) is 5.75 Å². The van der Waals surface area contributed by atoms with Crippen LogP contribution < -0.4 is 15.4 Å². The zero-order valence-corrected chi connectivity index (χ0v) is 15.7. The van der Waals surface area contributed by atoms with Crippen LogP contribution in [0.15, 0.2) is 18.2 Å². The molecule has 6 nitrogen and oxygen atoms in total. The lowest BCUT2D eigenvalue weighted by Gasteiger charge is -2.23. The molecule has 2 N–H and O–H groups in total. The molecule has 0 atom stereocenters. The molecule has 0 spiro atoms. The quantitative estimate of drug-likeness (QED) is 0.555. The molecule has 0 heterocycles. The molecule has 1 rings (SSSR count). The molecule has 0 aliphatic heterocycles. The molecule has 0 aliphatic carbocycles. The van der Waals surface area contributed by atoms with Gasteiger partial charge in [0.1, 0.15) is 11.2 Å². The number of ether oxygens (including phenoxy) is 1. The summed E-state index contributed by atoms with van der Waals surface area (Å²) in [5.41, 5.74) is -0.783. The summed E-state index contributed by atoms with van der Waals surface area (Å²) in [6.45, 7) is 4.56. The lowest BCUT2D eigenvalue weighted by atomic mass is 9.91. The van der Waals surface area contributed by atoms with Gasteiger partial charge in [0.2, 0.25) is 11.8 Å². The Morgan fingerprint density at radius 2 is 1.92 bits per heavy atom. The van der Waals surface area contributed by atoms with Crippen molar-refractivity contribution in [2.75, 3.05) is 39.6 Å². The van der Waals surface area contributed by atoms with Gasteiger partial charge in [-0.05, 0) is 59.1 Å². The van der Waals surface area contributed by atoms with Crippen LogP contribution in [0, 0.1) is 5.41 Å². The summed E-state index contributed by atoms with van der Waals surface area (Å²) in [6.07, 6.45) is 0.818. The lowest BCUT2D eigenvalue weighted by Crippen LogP contribution is -2.45. The van der Waals surface area contributed by atoms with E-state index in [4.69, 9.17) is 16.3 Å². The number of halogens is 1. The van der Waals surface area contributed by atoms with Gasteiger partial charge in [0, 0.05) is 11.6 Å². The number of hydrogen-bond acceptors (Lipinski definition) is 4. The van der Waals surface area contributed by atoms with Gasteiger partial charge in [-0.3, -0.25) is 9.59 Å². The SMILES string of the molecule is COc1ccc(Cl)cc1NC(=O)C(C)(C)C(=O)NCCCN(C)C. The van der Waals surface area contributed by atoms with Crippen LogP contribution in [0.4, 0.5) is 5.69 Å². The van der Waals surface area contributed by atoms with Gasteiger partial charge in [0.15, 0.2) is 0 Å². The number of amides is 2. The number of nitrogens with one attached hydrogen (secondary N) is 2. The number of benzene rings is 1. The van der Waals surface area contributed by atoms with E-state index in [9.17, 15) is 9.59 Å². The first-order chi connectivity index (χ1) is 11.2. The third-order valence-corrected chi connectivity index (χ3v) is 3.85. The van der Waals surface area contributed by atoms with Gasteiger partial charge >= 0.3 is 0 Å². The normalized spacial score (nSPS) is 11.3. The third kappa shape index (κ3) is 5.69. The Balaban J connectivity index is 2.71. The number of anilines is 1. The predicted octanol–water partition coefficient (Wildman–Crippen LogP) is 2.38. The Kier molecular flexibility index (Phi) is 7.51. The monoisotopic (exact) mass is 355 g/mol. The first-order valence-corrected chi connectivity index (χ1v) is 8.14. The standard InChI is InChI=1S/C17H26ClN3O3/c1-17(2,15(22)19-9-6-10-21(3)4)16(23)20-13-11-12(18)7-8-14(13)24-5/h7-8,11H,6,9-10H2,1-5H3,(H,19,22)(H,20,23). The molecule has 0 fully saturated rings. The maximum atomic E-state index is 12.5. The molecule has 1 aromatic rings. The van der Waals surface area contributed by atoms with Crippen molar-refractivity contribution in [3.63, 3.8) is 0 Å². The summed E-state index contributed by atoms with van der Waals surface area (Å²) in [7, 11) is 5.44. The van der Waals surface area contributed by atoms with Crippen LogP contribution in [0.2, 0.25) is 5.02 Å². The lowest BCUT2D eigenvalue weighted by molar-refractivity contribution is -0.138. The summed E-state index contributed by atoms with van der Waals surface area (Å²) < 4.78 is 5.20. The largest absolute Gasteiger partial charge is 0.495 e. The zero-order valence-electron chi connectivity index (χ0n) is 14.9. The molecule has 0 bridgehead atoms. The summed E-state index contributed by atoms with van der Waals surface area (Å²) >= 11 is 5.95. The molecule has 134 valence electrons. The average Bonchev–Trinajstić information content (AvgIpc) is 2.51. The number of carbonyl (C=O) groups is 2. The average molecular weight is 356 g/mol. The van der Waals surface area contributed by atoms with Crippen LogP contribution in [-0.4, -0.2) is 51.0 Å². The first-order valence-electron chi connectivity index (χ1n) is 7.76. The minimum atomic E-state index is -1.22. The molecule has 7 heteroatoms. The van der Waals surface area contributed by atoms with E-state index in [1.165, 1.54) is 7.11 Å². The molecule has 0 saturated heterocycles. The van der Waals surface area contributed by atoms with Gasteiger partial charge in [0.25, 0.3) is 0 Å². The van der Waals surface area contributed by atoms with Crippen LogP contribution in [0.5, 0.6) is 5.75 Å². The number of nitrogens with zero attached hydrogens (tertiary/aromatic N) is 1. The molecule has 0 aliphatic rings.